The van der Waals surface area contributed by atoms with Gasteiger partial charge in [-0.05, 0) is 28.5 Å². The summed E-state index contributed by atoms with van der Waals surface area (Å²) in [6.45, 7) is 0. The molecule has 4 aromatic rings. The Kier molecular flexibility index (Phi) is 4.88. The zero-order chi connectivity index (χ0) is 20.1. The smallest absolute Gasteiger partial charge is 0.263 e. The van der Waals surface area contributed by atoms with Gasteiger partial charge in [-0.15, -0.1) is 20.4 Å². The molecule has 0 bridgehead atoms. The minimum Gasteiger partial charge on any atom is -0.507 e. The standard InChI is InChI=1S/C17H14N10O2/c18-27-10-20-24-17(27)23-19-9-12-8-13(6-7-14(12)28)21-22-16-15(25-29-26-16)11-4-2-1-3-5-11/h1-10,28H,18H2,(H,23,24). The fraction of sp³-hybridized carbons (Fsp3) is 0. The number of hydrogen-bond donors (Lipinski definition) is 3. The van der Waals surface area contributed by atoms with Crippen LogP contribution in [-0.4, -0.2) is 36.5 Å². The van der Waals surface area contributed by atoms with Gasteiger partial charge >= 0.3 is 0 Å². The minimum atomic E-state index is 0.0109. The molecule has 2 aromatic carbocycles. The van der Waals surface area contributed by atoms with E-state index in [1.807, 2.05) is 30.3 Å². The molecule has 0 atom stereocenters. The van der Waals surface area contributed by atoms with Crippen LogP contribution in [-0.2, 0) is 0 Å². The second-order valence-electron chi connectivity index (χ2n) is 5.68. The van der Waals surface area contributed by atoms with Crippen molar-refractivity contribution in [2.45, 2.75) is 0 Å². The van der Waals surface area contributed by atoms with Crippen LogP contribution in [0.2, 0.25) is 0 Å². The number of phenols is 1. The Morgan fingerprint density at radius 2 is 1.97 bits per heavy atom. The molecular formula is C17H14N10O2. The Labute approximate surface area is 163 Å². The lowest BCUT2D eigenvalue weighted by atomic mass is 10.1. The van der Waals surface area contributed by atoms with E-state index in [9.17, 15) is 5.11 Å². The number of nitrogens with one attached hydrogen (secondary N) is 1. The third-order valence-electron chi connectivity index (χ3n) is 3.73. The molecule has 0 unspecified atom stereocenters. The summed E-state index contributed by atoms with van der Waals surface area (Å²) in [6.07, 6.45) is 2.70. The molecule has 0 aliphatic heterocycles. The number of nitrogens with two attached hydrogens (primary N) is 1. The van der Waals surface area contributed by atoms with Gasteiger partial charge in [-0.2, -0.15) is 5.10 Å². The SMILES string of the molecule is Nn1cnnc1NN=Cc1cc(N=Nc2nonc2-c2ccccc2)ccc1O. The highest BCUT2D eigenvalue weighted by Gasteiger charge is 2.11. The average molecular weight is 390 g/mol. The molecule has 4 N–H and O–H groups in total. The number of phenolic OH excluding ortho intramolecular Hbond substituents is 1. The second kappa shape index (κ2) is 7.96. The zero-order valence-electron chi connectivity index (χ0n) is 14.8. The van der Waals surface area contributed by atoms with E-state index in [4.69, 9.17) is 10.5 Å². The van der Waals surface area contributed by atoms with E-state index in [-0.39, 0.29) is 17.5 Å². The Hall–Kier alpha value is -4.61. The maximum Gasteiger partial charge on any atom is 0.263 e. The summed E-state index contributed by atoms with van der Waals surface area (Å²) >= 11 is 0. The van der Waals surface area contributed by atoms with Crippen molar-refractivity contribution in [3.63, 3.8) is 0 Å². The number of rotatable bonds is 6. The van der Waals surface area contributed by atoms with Crippen molar-refractivity contribution >= 4 is 23.7 Å². The molecule has 0 saturated heterocycles. The van der Waals surface area contributed by atoms with Crippen molar-refractivity contribution < 1.29 is 9.74 Å². The maximum atomic E-state index is 10.0. The third kappa shape index (κ3) is 4.05. The Bertz CT molecular complexity index is 1170. The molecule has 0 fully saturated rings. The monoisotopic (exact) mass is 390 g/mol. The van der Waals surface area contributed by atoms with Crippen molar-refractivity contribution in [3.8, 4) is 17.0 Å². The maximum absolute atomic E-state index is 10.0. The van der Waals surface area contributed by atoms with E-state index in [2.05, 4.69) is 41.3 Å². The summed E-state index contributed by atoms with van der Waals surface area (Å²) in [5.41, 5.74) is 4.76. The molecule has 0 aliphatic rings. The van der Waals surface area contributed by atoms with Crippen molar-refractivity contribution in [2.24, 2.45) is 15.3 Å². The fourth-order valence-corrected chi connectivity index (χ4v) is 2.32. The number of anilines is 1. The lowest BCUT2D eigenvalue weighted by Gasteiger charge is -2.01. The Morgan fingerprint density at radius 1 is 1.10 bits per heavy atom. The summed E-state index contributed by atoms with van der Waals surface area (Å²) < 4.78 is 5.95. The van der Waals surface area contributed by atoms with Gasteiger partial charge in [0.15, 0.2) is 5.69 Å². The fourth-order valence-electron chi connectivity index (χ4n) is 2.32. The van der Waals surface area contributed by atoms with Gasteiger partial charge < -0.3 is 10.9 Å². The number of benzene rings is 2. The highest BCUT2D eigenvalue weighted by molar-refractivity contribution is 5.85. The predicted octanol–water partition coefficient (Wildman–Crippen LogP) is 2.61. The van der Waals surface area contributed by atoms with Gasteiger partial charge in [-0.1, -0.05) is 30.3 Å². The van der Waals surface area contributed by atoms with Crippen LogP contribution in [0.15, 0.2) is 74.8 Å². The van der Waals surface area contributed by atoms with Crippen LogP contribution in [0.5, 0.6) is 5.75 Å². The van der Waals surface area contributed by atoms with Gasteiger partial charge in [-0.25, -0.2) is 14.7 Å². The van der Waals surface area contributed by atoms with Crippen LogP contribution in [0.4, 0.5) is 17.5 Å². The largest absolute Gasteiger partial charge is 0.507 e. The van der Waals surface area contributed by atoms with Gasteiger partial charge in [0.1, 0.15) is 12.1 Å². The quantitative estimate of drug-likeness (QED) is 0.195. The van der Waals surface area contributed by atoms with Crippen LogP contribution in [0.25, 0.3) is 11.3 Å². The molecule has 0 radical (unpaired) electrons. The van der Waals surface area contributed by atoms with E-state index < -0.39 is 0 Å². The van der Waals surface area contributed by atoms with Gasteiger partial charge in [0.2, 0.25) is 5.82 Å². The van der Waals surface area contributed by atoms with Crippen molar-refractivity contribution in [1.29, 1.82) is 0 Å². The van der Waals surface area contributed by atoms with E-state index in [1.54, 1.807) is 12.1 Å². The molecule has 2 aromatic heterocycles. The molecule has 0 aliphatic carbocycles. The minimum absolute atomic E-state index is 0.0109. The van der Waals surface area contributed by atoms with Crippen LogP contribution in [0, 0.1) is 0 Å². The first-order valence-corrected chi connectivity index (χ1v) is 8.27. The molecule has 0 saturated carbocycles. The number of azo groups is 1. The number of nitrogen functional groups attached to an aromatic ring is 1. The highest BCUT2D eigenvalue weighted by Crippen LogP contribution is 2.29. The third-order valence-corrected chi connectivity index (χ3v) is 3.73. The van der Waals surface area contributed by atoms with Crippen molar-refractivity contribution in [2.75, 3.05) is 11.3 Å². The number of hydrazone groups is 1. The van der Waals surface area contributed by atoms with Crippen molar-refractivity contribution in [3.05, 3.63) is 60.4 Å². The lowest BCUT2D eigenvalue weighted by molar-refractivity contribution is 0.309. The van der Waals surface area contributed by atoms with Crippen LogP contribution in [0.1, 0.15) is 5.56 Å². The summed E-state index contributed by atoms with van der Waals surface area (Å²) in [4.78, 5) is 0. The van der Waals surface area contributed by atoms with Gasteiger partial charge in [0.05, 0.1) is 11.9 Å². The summed E-state index contributed by atoms with van der Waals surface area (Å²) in [5.74, 6) is 6.06. The molecule has 2 heterocycles. The van der Waals surface area contributed by atoms with E-state index >= 15 is 0 Å². The topological polar surface area (TPSA) is 165 Å². The van der Waals surface area contributed by atoms with Crippen LogP contribution >= 0.6 is 0 Å². The first-order valence-electron chi connectivity index (χ1n) is 8.27. The number of nitrogens with zero attached hydrogens (tertiary/aromatic N) is 8. The average Bonchev–Trinajstić information content (AvgIpc) is 3.38. The molecule has 12 heteroatoms. The molecular weight excluding hydrogens is 376 g/mol. The molecule has 144 valence electrons. The van der Waals surface area contributed by atoms with Crippen LogP contribution < -0.4 is 11.3 Å². The van der Waals surface area contributed by atoms with Crippen LogP contribution in [0.3, 0.4) is 0 Å². The number of aromatic nitrogens is 5. The lowest BCUT2D eigenvalue weighted by Crippen LogP contribution is -2.10. The number of aromatic hydroxyl groups is 1. The predicted molar refractivity (Wildman–Crippen MR) is 103 cm³/mol. The first kappa shape index (κ1) is 17.8. The number of hydrogen-bond acceptors (Lipinski definition) is 11. The highest BCUT2D eigenvalue weighted by atomic mass is 16.6. The summed E-state index contributed by atoms with van der Waals surface area (Å²) in [6, 6.07) is 14.0. The molecule has 29 heavy (non-hydrogen) atoms. The summed E-state index contributed by atoms with van der Waals surface area (Å²) in [5, 5.41) is 37.2. The molecule has 0 spiro atoms. The van der Waals surface area contributed by atoms with Gasteiger partial charge in [0.25, 0.3) is 5.95 Å². The zero-order valence-corrected chi connectivity index (χ0v) is 14.8. The molecule has 4 rings (SSSR count). The normalized spacial score (nSPS) is 11.4. The molecule has 0 amide bonds. The molecule has 12 nitrogen and oxygen atoms in total. The Balaban J connectivity index is 1.52. The van der Waals surface area contributed by atoms with E-state index in [0.29, 0.717) is 16.9 Å². The van der Waals surface area contributed by atoms with E-state index in [0.717, 1.165) is 10.2 Å². The van der Waals surface area contributed by atoms with E-state index in [1.165, 1.54) is 18.6 Å². The Morgan fingerprint density at radius 3 is 2.76 bits per heavy atom. The summed E-state index contributed by atoms with van der Waals surface area (Å²) in [7, 11) is 0. The van der Waals surface area contributed by atoms with Gasteiger partial charge in [-0.3, -0.25) is 0 Å². The van der Waals surface area contributed by atoms with Crippen molar-refractivity contribution in [1.82, 2.24) is 25.2 Å². The second-order valence-corrected chi connectivity index (χ2v) is 5.68. The van der Waals surface area contributed by atoms with Gasteiger partial charge in [0, 0.05) is 11.1 Å². The first-order chi connectivity index (χ1) is 14.2.